The van der Waals surface area contributed by atoms with Gasteiger partial charge in [0.1, 0.15) is 5.82 Å². The van der Waals surface area contributed by atoms with Crippen LogP contribution >= 0.6 is 0 Å². The number of aromatic nitrogens is 3. The van der Waals surface area contributed by atoms with E-state index in [1.165, 1.54) is 0 Å². The highest BCUT2D eigenvalue weighted by molar-refractivity contribution is 5.65. The molecule has 0 saturated heterocycles. The number of hydrogen-bond donors (Lipinski definition) is 2. The van der Waals surface area contributed by atoms with Gasteiger partial charge >= 0.3 is 0 Å². The average molecular weight is 245 g/mol. The molecule has 0 fully saturated rings. The van der Waals surface area contributed by atoms with Gasteiger partial charge in [0.05, 0.1) is 17.4 Å². The smallest absolute Gasteiger partial charge is 0.148 e. The zero-order valence-electron chi connectivity index (χ0n) is 11.0. The Hall–Kier alpha value is -2.04. The summed E-state index contributed by atoms with van der Waals surface area (Å²) in [5.74, 6) is 0.864. The molecule has 2 aromatic rings. The fraction of sp³-hybridized carbons (Fsp3) is 0.385. The lowest BCUT2D eigenvalue weighted by atomic mass is 10.1. The number of aryl methyl sites for hydroxylation is 2. The minimum absolute atomic E-state index is 0.140. The Bertz CT molecular complexity index is 518. The van der Waals surface area contributed by atoms with E-state index in [9.17, 15) is 0 Å². The zero-order chi connectivity index (χ0) is 13.1. The van der Waals surface area contributed by atoms with Crippen LogP contribution in [0.5, 0.6) is 0 Å². The molecule has 2 aromatic heterocycles. The summed E-state index contributed by atoms with van der Waals surface area (Å²) in [6.45, 7) is 4.13. The SMILES string of the molecule is CCc1nn(C)c(NC(C)c2cccnc2)c1N. The maximum Gasteiger partial charge on any atom is 0.148 e. The van der Waals surface area contributed by atoms with Gasteiger partial charge in [-0.2, -0.15) is 5.10 Å². The Morgan fingerprint density at radius 3 is 2.83 bits per heavy atom. The van der Waals surface area contributed by atoms with Gasteiger partial charge in [-0.1, -0.05) is 13.0 Å². The molecule has 0 aliphatic heterocycles. The number of nitrogens with two attached hydrogens (primary N) is 1. The average Bonchev–Trinajstić information content (AvgIpc) is 2.67. The van der Waals surface area contributed by atoms with Crippen LogP contribution in [0.1, 0.15) is 31.1 Å². The highest BCUT2D eigenvalue weighted by Gasteiger charge is 2.14. The second kappa shape index (κ2) is 5.08. The van der Waals surface area contributed by atoms with E-state index >= 15 is 0 Å². The summed E-state index contributed by atoms with van der Waals surface area (Å²) < 4.78 is 1.79. The van der Waals surface area contributed by atoms with E-state index in [4.69, 9.17) is 5.73 Å². The molecule has 0 aromatic carbocycles. The third kappa shape index (κ3) is 2.30. The van der Waals surface area contributed by atoms with Crippen molar-refractivity contribution in [3.8, 4) is 0 Å². The number of nitrogens with one attached hydrogen (secondary N) is 1. The van der Waals surface area contributed by atoms with Crippen molar-refractivity contribution in [2.45, 2.75) is 26.3 Å². The van der Waals surface area contributed by atoms with Crippen molar-refractivity contribution in [2.24, 2.45) is 7.05 Å². The molecular formula is C13H19N5. The number of hydrogen-bond acceptors (Lipinski definition) is 4. The molecule has 0 radical (unpaired) electrons. The third-order valence-electron chi connectivity index (χ3n) is 3.03. The zero-order valence-corrected chi connectivity index (χ0v) is 11.0. The molecule has 2 rings (SSSR count). The Kier molecular flexibility index (Phi) is 3.50. The van der Waals surface area contributed by atoms with Crippen molar-refractivity contribution in [1.82, 2.24) is 14.8 Å². The van der Waals surface area contributed by atoms with Gasteiger partial charge in [0, 0.05) is 19.4 Å². The first-order valence-corrected chi connectivity index (χ1v) is 6.11. The van der Waals surface area contributed by atoms with E-state index in [0.717, 1.165) is 29.2 Å². The van der Waals surface area contributed by atoms with Crippen LogP contribution in [0.2, 0.25) is 0 Å². The monoisotopic (exact) mass is 245 g/mol. The number of nitrogen functional groups attached to an aromatic ring is 1. The van der Waals surface area contributed by atoms with Crippen LogP contribution < -0.4 is 11.1 Å². The van der Waals surface area contributed by atoms with Crippen LogP contribution in [0.25, 0.3) is 0 Å². The molecule has 18 heavy (non-hydrogen) atoms. The quantitative estimate of drug-likeness (QED) is 0.865. The van der Waals surface area contributed by atoms with Crippen molar-refractivity contribution in [2.75, 3.05) is 11.1 Å². The Balaban J connectivity index is 2.22. The normalized spacial score (nSPS) is 12.4. The molecule has 5 heteroatoms. The number of pyridine rings is 1. The van der Waals surface area contributed by atoms with Crippen LogP contribution in [-0.2, 0) is 13.5 Å². The van der Waals surface area contributed by atoms with Crippen molar-refractivity contribution in [3.63, 3.8) is 0 Å². The minimum atomic E-state index is 0.140. The van der Waals surface area contributed by atoms with Crippen LogP contribution in [0, 0.1) is 0 Å². The summed E-state index contributed by atoms with van der Waals surface area (Å²) in [7, 11) is 1.90. The number of anilines is 2. The van der Waals surface area contributed by atoms with E-state index in [0.29, 0.717) is 0 Å². The topological polar surface area (TPSA) is 68.8 Å². The van der Waals surface area contributed by atoms with E-state index in [2.05, 4.69) is 22.3 Å². The third-order valence-corrected chi connectivity index (χ3v) is 3.03. The number of rotatable bonds is 4. The van der Waals surface area contributed by atoms with Crippen LogP contribution in [0.15, 0.2) is 24.5 Å². The molecule has 0 amide bonds. The van der Waals surface area contributed by atoms with Gasteiger partial charge in [0.15, 0.2) is 0 Å². The second-order valence-corrected chi connectivity index (χ2v) is 4.34. The lowest BCUT2D eigenvalue weighted by Gasteiger charge is -2.15. The maximum absolute atomic E-state index is 6.08. The Labute approximate surface area is 107 Å². The fourth-order valence-electron chi connectivity index (χ4n) is 1.95. The van der Waals surface area contributed by atoms with Gasteiger partial charge in [0.25, 0.3) is 0 Å². The van der Waals surface area contributed by atoms with Crippen molar-refractivity contribution in [3.05, 3.63) is 35.8 Å². The summed E-state index contributed by atoms with van der Waals surface area (Å²) in [5.41, 5.74) is 8.86. The van der Waals surface area contributed by atoms with Crippen LogP contribution in [0.3, 0.4) is 0 Å². The molecule has 2 heterocycles. The van der Waals surface area contributed by atoms with Gasteiger partial charge in [-0.15, -0.1) is 0 Å². The van der Waals surface area contributed by atoms with Crippen molar-refractivity contribution >= 4 is 11.5 Å². The predicted molar refractivity (Wildman–Crippen MR) is 73.3 cm³/mol. The highest BCUT2D eigenvalue weighted by atomic mass is 15.3. The first kappa shape index (κ1) is 12.4. The molecule has 5 nitrogen and oxygen atoms in total. The lowest BCUT2D eigenvalue weighted by molar-refractivity contribution is 0.734. The molecule has 0 aliphatic rings. The molecule has 0 bridgehead atoms. The standard InChI is InChI=1S/C13H19N5/c1-4-11-12(14)13(18(3)17-11)16-9(2)10-6-5-7-15-8-10/h5-9,16H,4,14H2,1-3H3. The van der Waals surface area contributed by atoms with E-state index in [-0.39, 0.29) is 6.04 Å². The fourth-order valence-corrected chi connectivity index (χ4v) is 1.95. The molecule has 1 unspecified atom stereocenters. The van der Waals surface area contributed by atoms with Crippen LogP contribution in [0.4, 0.5) is 11.5 Å². The molecule has 0 spiro atoms. The van der Waals surface area contributed by atoms with Crippen molar-refractivity contribution in [1.29, 1.82) is 0 Å². The predicted octanol–water partition coefficient (Wildman–Crippen LogP) is 2.13. The summed E-state index contributed by atoms with van der Waals surface area (Å²) >= 11 is 0. The van der Waals surface area contributed by atoms with Gasteiger partial charge in [0.2, 0.25) is 0 Å². The number of nitrogens with zero attached hydrogens (tertiary/aromatic N) is 3. The first-order chi connectivity index (χ1) is 8.63. The van der Waals surface area contributed by atoms with Crippen LogP contribution in [-0.4, -0.2) is 14.8 Å². The Morgan fingerprint density at radius 2 is 2.28 bits per heavy atom. The van der Waals surface area contributed by atoms with Crippen molar-refractivity contribution < 1.29 is 0 Å². The van der Waals surface area contributed by atoms with Gasteiger partial charge in [-0.05, 0) is 25.0 Å². The summed E-state index contributed by atoms with van der Waals surface area (Å²) in [6, 6.07) is 4.11. The summed E-state index contributed by atoms with van der Waals surface area (Å²) in [6.07, 6.45) is 4.46. The largest absolute Gasteiger partial charge is 0.394 e. The van der Waals surface area contributed by atoms with E-state index < -0.39 is 0 Å². The highest BCUT2D eigenvalue weighted by Crippen LogP contribution is 2.26. The molecular weight excluding hydrogens is 226 g/mol. The Morgan fingerprint density at radius 1 is 1.50 bits per heavy atom. The molecule has 1 atom stereocenters. The second-order valence-electron chi connectivity index (χ2n) is 4.34. The molecule has 0 aliphatic carbocycles. The van der Waals surface area contributed by atoms with Gasteiger partial charge in [-0.3, -0.25) is 9.67 Å². The molecule has 0 saturated carbocycles. The lowest BCUT2D eigenvalue weighted by Crippen LogP contribution is -2.11. The van der Waals surface area contributed by atoms with E-state index in [1.807, 2.05) is 32.3 Å². The molecule has 3 N–H and O–H groups in total. The summed E-state index contributed by atoms with van der Waals surface area (Å²) in [4.78, 5) is 4.12. The van der Waals surface area contributed by atoms with Gasteiger partial charge in [-0.25, -0.2) is 0 Å². The first-order valence-electron chi connectivity index (χ1n) is 6.11. The van der Waals surface area contributed by atoms with Gasteiger partial charge < -0.3 is 11.1 Å². The maximum atomic E-state index is 6.08. The minimum Gasteiger partial charge on any atom is -0.394 e. The van der Waals surface area contributed by atoms with E-state index in [1.54, 1.807) is 10.9 Å². The summed E-state index contributed by atoms with van der Waals surface area (Å²) in [5, 5.41) is 7.77. The molecule has 96 valence electrons.